The lowest BCUT2D eigenvalue weighted by Crippen LogP contribution is -2.63. The molecule has 0 bridgehead atoms. The van der Waals surface area contributed by atoms with Gasteiger partial charge in [0.05, 0.1) is 11.6 Å². The lowest BCUT2D eigenvalue weighted by Gasteiger charge is -2.50. The van der Waals surface area contributed by atoms with Crippen molar-refractivity contribution in [2.24, 2.45) is 29.4 Å². The maximum Gasteiger partial charge on any atom is 0.255 e. The molecule has 6 rings (SSSR count). The molecule has 4 aliphatic carbocycles. The number of Topliss-reactive ketones (excluding diaryl/α,β-unsaturated/α-hetero) is 2. The minimum absolute atomic E-state index is 0.0672. The van der Waals surface area contributed by atoms with Crippen LogP contribution in [0.1, 0.15) is 53.6 Å². The van der Waals surface area contributed by atoms with Crippen molar-refractivity contribution in [2.75, 3.05) is 46.2 Å². The largest absolute Gasteiger partial charge is 0.510 e. The van der Waals surface area contributed by atoms with E-state index < -0.39 is 58.0 Å². The summed E-state index contributed by atoms with van der Waals surface area (Å²) in [4.78, 5) is 45.9. The van der Waals surface area contributed by atoms with E-state index in [-0.39, 0.29) is 29.7 Å². The highest BCUT2D eigenvalue weighted by atomic mass is 16.3. The van der Waals surface area contributed by atoms with E-state index in [2.05, 4.69) is 4.90 Å². The van der Waals surface area contributed by atoms with Gasteiger partial charge in [-0.2, -0.15) is 0 Å². The Bertz CT molecular complexity index is 1470. The van der Waals surface area contributed by atoms with Crippen molar-refractivity contribution in [2.45, 2.75) is 56.7 Å². The Morgan fingerprint density at radius 2 is 1.70 bits per heavy atom. The fourth-order valence-corrected chi connectivity index (χ4v) is 8.75. The number of hydrogen-bond donors (Lipinski definition) is 5. The summed E-state index contributed by atoms with van der Waals surface area (Å²) >= 11 is 0. The molecule has 0 spiro atoms. The molecule has 0 radical (unpaired) electrons. The van der Waals surface area contributed by atoms with E-state index in [4.69, 9.17) is 5.73 Å². The number of phenolic OH excluding ortho intramolecular Hbond substituents is 1. The van der Waals surface area contributed by atoms with Crippen LogP contribution in [-0.2, 0) is 22.6 Å². The van der Waals surface area contributed by atoms with E-state index >= 15 is 0 Å². The Labute approximate surface area is 251 Å². The third kappa shape index (κ3) is 4.30. The first-order chi connectivity index (χ1) is 20.3. The van der Waals surface area contributed by atoms with Crippen molar-refractivity contribution in [3.8, 4) is 5.75 Å². The molecule has 6 N–H and O–H groups in total. The standard InChI is InChI=1S/C32H42N4O7/c1-34(2)21-11-18(14-36-12-15-7-5-6-8-16(15)13-36)26(37)23-19(21)9-17-10-20-25(35(3)4)28(39)24(31(33)42)30(41)32(20,43)29(40)22(17)27(23)38/h11,15-17,20,25,37,39-40,43H,5-10,12-14H2,1-4H3,(H2,33,42)/t15?,16?,17-,20-,25-,32-/m0/s1. The molecule has 232 valence electrons. The van der Waals surface area contributed by atoms with Gasteiger partial charge < -0.3 is 31.1 Å². The van der Waals surface area contributed by atoms with Gasteiger partial charge in [-0.05, 0) is 69.2 Å². The first kappa shape index (κ1) is 29.7. The molecule has 6 atom stereocenters. The van der Waals surface area contributed by atoms with Gasteiger partial charge in [0.1, 0.15) is 22.8 Å². The molecule has 1 saturated heterocycles. The minimum atomic E-state index is -2.64. The number of benzene rings is 1. The van der Waals surface area contributed by atoms with E-state index in [1.54, 1.807) is 19.0 Å². The number of likely N-dealkylation sites (tertiary alicyclic amines) is 1. The molecule has 43 heavy (non-hydrogen) atoms. The van der Waals surface area contributed by atoms with Crippen molar-refractivity contribution >= 4 is 23.2 Å². The number of likely N-dealkylation sites (N-methyl/N-ethyl adjacent to an activating group) is 1. The van der Waals surface area contributed by atoms with Gasteiger partial charge in [-0.25, -0.2) is 0 Å². The number of aliphatic hydroxyl groups is 3. The van der Waals surface area contributed by atoms with Gasteiger partial charge in [-0.15, -0.1) is 0 Å². The molecular weight excluding hydrogens is 552 g/mol. The summed E-state index contributed by atoms with van der Waals surface area (Å²) in [5.41, 5.74) is 3.96. The lowest BCUT2D eigenvalue weighted by atomic mass is 9.58. The second-order valence-electron chi connectivity index (χ2n) is 13.6. The van der Waals surface area contributed by atoms with Crippen molar-refractivity contribution < 1.29 is 34.8 Å². The number of fused-ring (bicyclic) bond motifs is 4. The molecule has 1 aliphatic heterocycles. The van der Waals surface area contributed by atoms with Crippen molar-refractivity contribution in [3.05, 3.63) is 45.4 Å². The van der Waals surface area contributed by atoms with Crippen LogP contribution in [0.15, 0.2) is 28.7 Å². The number of carbonyl (C=O) groups is 3. The van der Waals surface area contributed by atoms with Gasteiger partial charge >= 0.3 is 0 Å². The van der Waals surface area contributed by atoms with E-state index in [0.717, 1.165) is 18.8 Å². The number of anilines is 1. The average Bonchev–Trinajstić information content (AvgIpc) is 3.34. The second-order valence-corrected chi connectivity index (χ2v) is 13.6. The van der Waals surface area contributed by atoms with Gasteiger partial charge in [0, 0.05) is 56.5 Å². The van der Waals surface area contributed by atoms with Gasteiger partial charge in [-0.3, -0.25) is 24.2 Å². The predicted molar refractivity (Wildman–Crippen MR) is 159 cm³/mol. The number of phenols is 1. The molecule has 1 heterocycles. The Kier molecular flexibility index (Phi) is 7.14. The smallest absolute Gasteiger partial charge is 0.255 e. The van der Waals surface area contributed by atoms with Crippen LogP contribution in [0.5, 0.6) is 5.75 Å². The number of aliphatic hydroxyl groups excluding tert-OH is 2. The maximum absolute atomic E-state index is 14.3. The van der Waals surface area contributed by atoms with Crippen LogP contribution in [0.3, 0.4) is 0 Å². The summed E-state index contributed by atoms with van der Waals surface area (Å²) in [7, 11) is 6.99. The van der Waals surface area contributed by atoms with E-state index in [0.29, 0.717) is 29.5 Å². The van der Waals surface area contributed by atoms with Crippen LogP contribution in [0.25, 0.3) is 0 Å². The molecule has 1 saturated carbocycles. The SMILES string of the molecule is CN(C)c1cc(CN2CC3CCCCC3C2)c(O)c2c1C[C@H]1C[C@H]3[C@H](N(C)C)C(O)=C(C(N)=O)C(=O)[C@@]3(O)C(O)=C1C2=O. The number of aromatic hydroxyl groups is 1. The molecule has 5 aliphatic rings. The number of amides is 1. The molecule has 11 nitrogen and oxygen atoms in total. The summed E-state index contributed by atoms with van der Waals surface area (Å²) in [6, 6.07) is 0.927. The highest BCUT2D eigenvalue weighted by molar-refractivity contribution is 6.25. The summed E-state index contributed by atoms with van der Waals surface area (Å²) < 4.78 is 0. The zero-order chi connectivity index (χ0) is 31.1. The Balaban J connectivity index is 1.45. The molecule has 2 fully saturated rings. The third-order valence-corrected chi connectivity index (χ3v) is 10.7. The Morgan fingerprint density at radius 1 is 1.07 bits per heavy atom. The molecule has 1 aromatic rings. The number of hydrogen-bond acceptors (Lipinski definition) is 10. The zero-order valence-corrected chi connectivity index (χ0v) is 25.3. The number of rotatable bonds is 5. The van der Waals surface area contributed by atoms with Crippen LogP contribution < -0.4 is 10.6 Å². The normalized spacial score (nSPS) is 32.5. The fraction of sp³-hybridized carbons (Fsp3) is 0.594. The monoisotopic (exact) mass is 594 g/mol. The molecule has 2 unspecified atom stereocenters. The molecular formula is C32H42N4O7. The van der Waals surface area contributed by atoms with Crippen molar-refractivity contribution in [1.82, 2.24) is 9.80 Å². The van der Waals surface area contributed by atoms with Gasteiger partial charge in [0.15, 0.2) is 11.4 Å². The lowest BCUT2D eigenvalue weighted by molar-refractivity contribution is -0.148. The van der Waals surface area contributed by atoms with Crippen LogP contribution >= 0.6 is 0 Å². The summed E-state index contributed by atoms with van der Waals surface area (Å²) in [5.74, 6) is -5.02. The molecule has 1 aromatic carbocycles. The van der Waals surface area contributed by atoms with Crippen LogP contribution in [-0.4, -0.2) is 101 Å². The predicted octanol–water partition coefficient (Wildman–Crippen LogP) is 1.81. The average molecular weight is 595 g/mol. The van der Waals surface area contributed by atoms with Gasteiger partial charge in [0.25, 0.3) is 5.91 Å². The first-order valence-electron chi connectivity index (χ1n) is 15.2. The quantitative estimate of drug-likeness (QED) is 0.317. The Morgan fingerprint density at radius 3 is 2.26 bits per heavy atom. The summed E-state index contributed by atoms with van der Waals surface area (Å²) in [6.07, 6.45) is 5.27. The zero-order valence-electron chi connectivity index (χ0n) is 25.3. The molecule has 11 heteroatoms. The number of carbonyl (C=O) groups excluding carboxylic acids is 3. The number of allylic oxidation sites excluding steroid dienone is 1. The van der Waals surface area contributed by atoms with Crippen LogP contribution in [0.2, 0.25) is 0 Å². The van der Waals surface area contributed by atoms with E-state index in [9.17, 15) is 34.8 Å². The number of ketones is 2. The number of nitrogens with zero attached hydrogens (tertiary/aromatic N) is 3. The van der Waals surface area contributed by atoms with Gasteiger partial charge in [-0.1, -0.05) is 12.8 Å². The number of primary amides is 1. The highest BCUT2D eigenvalue weighted by Crippen LogP contribution is 2.53. The fourth-order valence-electron chi connectivity index (χ4n) is 8.75. The Hall–Kier alpha value is -3.41. The topological polar surface area (TPSA) is 168 Å². The maximum atomic E-state index is 14.3. The van der Waals surface area contributed by atoms with Crippen molar-refractivity contribution in [1.29, 1.82) is 0 Å². The second kappa shape index (κ2) is 10.3. The van der Waals surface area contributed by atoms with Crippen LogP contribution in [0.4, 0.5) is 5.69 Å². The van der Waals surface area contributed by atoms with E-state index in [1.807, 2.05) is 25.1 Å². The molecule has 0 aromatic heterocycles. The van der Waals surface area contributed by atoms with E-state index in [1.165, 1.54) is 25.7 Å². The number of nitrogens with two attached hydrogens (primary N) is 1. The van der Waals surface area contributed by atoms with Crippen molar-refractivity contribution in [3.63, 3.8) is 0 Å². The highest BCUT2D eigenvalue weighted by Gasteiger charge is 2.63. The van der Waals surface area contributed by atoms with Gasteiger partial charge in [0.2, 0.25) is 5.78 Å². The third-order valence-electron chi connectivity index (χ3n) is 10.7. The van der Waals surface area contributed by atoms with Crippen LogP contribution in [0, 0.1) is 23.7 Å². The molecule has 1 amide bonds. The minimum Gasteiger partial charge on any atom is -0.510 e. The summed E-state index contributed by atoms with van der Waals surface area (Å²) in [6.45, 7) is 2.38. The first-order valence-corrected chi connectivity index (χ1v) is 15.2. The summed E-state index contributed by atoms with van der Waals surface area (Å²) in [5, 5.41) is 46.1.